The molecule has 2 aliphatic carbocycles. The molecule has 5 rings (SSSR count). The predicted molar refractivity (Wildman–Crippen MR) is 108 cm³/mol. The Kier molecular flexibility index (Phi) is 4.62. The summed E-state index contributed by atoms with van der Waals surface area (Å²) < 4.78 is 11.2. The molecule has 1 N–H and O–H groups in total. The highest BCUT2D eigenvalue weighted by molar-refractivity contribution is 5.83. The first-order valence-electron chi connectivity index (χ1n) is 10.7. The van der Waals surface area contributed by atoms with E-state index in [1.165, 1.54) is 0 Å². The van der Waals surface area contributed by atoms with Crippen LogP contribution in [0.2, 0.25) is 0 Å². The second kappa shape index (κ2) is 7.17. The summed E-state index contributed by atoms with van der Waals surface area (Å²) >= 11 is 0. The summed E-state index contributed by atoms with van der Waals surface area (Å²) in [5, 5.41) is 11.7. The lowest BCUT2D eigenvalue weighted by Gasteiger charge is -2.47. The highest BCUT2D eigenvalue weighted by Crippen LogP contribution is 2.39. The molecule has 1 aromatic carbocycles. The number of likely N-dealkylation sites (tertiary alicyclic amines) is 1. The Morgan fingerprint density at radius 2 is 2.07 bits per heavy atom. The summed E-state index contributed by atoms with van der Waals surface area (Å²) in [4.78, 5) is 26.6. The van der Waals surface area contributed by atoms with E-state index in [9.17, 15) is 14.7 Å². The molecule has 2 fully saturated rings. The lowest BCUT2D eigenvalue weighted by molar-refractivity contribution is -0.145. The van der Waals surface area contributed by atoms with Crippen LogP contribution in [-0.2, 0) is 17.6 Å². The maximum absolute atomic E-state index is 12.7. The van der Waals surface area contributed by atoms with E-state index in [4.69, 9.17) is 9.15 Å². The molecular weight excluding hydrogens is 370 g/mol. The van der Waals surface area contributed by atoms with Crippen molar-refractivity contribution in [2.75, 3.05) is 19.7 Å². The van der Waals surface area contributed by atoms with Gasteiger partial charge < -0.3 is 19.2 Å². The zero-order chi connectivity index (χ0) is 20.0. The van der Waals surface area contributed by atoms with Gasteiger partial charge in [0.1, 0.15) is 11.3 Å². The lowest BCUT2D eigenvalue weighted by atomic mass is 9.71. The van der Waals surface area contributed by atoms with Gasteiger partial charge in [0, 0.05) is 36.0 Å². The minimum atomic E-state index is -0.591. The van der Waals surface area contributed by atoms with Gasteiger partial charge in [0.2, 0.25) is 0 Å². The number of hydrogen-bond acceptors (Lipinski definition) is 5. The molecule has 2 aromatic rings. The molecule has 1 aliphatic heterocycles. The van der Waals surface area contributed by atoms with Crippen LogP contribution in [0.15, 0.2) is 27.4 Å². The van der Waals surface area contributed by atoms with Gasteiger partial charge in [-0.25, -0.2) is 4.79 Å². The second-order valence-electron chi connectivity index (χ2n) is 8.78. The van der Waals surface area contributed by atoms with Crippen molar-refractivity contribution in [2.45, 2.75) is 57.0 Å². The molecule has 6 heteroatoms. The number of aryl methyl sites for hydroxylation is 1. The average molecular weight is 397 g/mol. The monoisotopic (exact) mass is 397 g/mol. The van der Waals surface area contributed by atoms with Gasteiger partial charge in [-0.1, -0.05) is 12.8 Å². The summed E-state index contributed by atoms with van der Waals surface area (Å²) in [5.41, 5.74) is 1.56. The van der Waals surface area contributed by atoms with Crippen molar-refractivity contribution in [1.29, 1.82) is 0 Å². The minimum absolute atomic E-state index is 0.0498. The third-order valence-electron chi connectivity index (χ3n) is 7.09. The van der Waals surface area contributed by atoms with Crippen LogP contribution in [0.25, 0.3) is 11.0 Å². The van der Waals surface area contributed by atoms with E-state index in [-0.39, 0.29) is 24.1 Å². The highest BCUT2D eigenvalue weighted by atomic mass is 16.5. The van der Waals surface area contributed by atoms with Gasteiger partial charge in [0.15, 0.2) is 6.61 Å². The van der Waals surface area contributed by atoms with Crippen LogP contribution in [0, 0.1) is 5.92 Å². The molecule has 1 amide bonds. The van der Waals surface area contributed by atoms with Crippen molar-refractivity contribution in [1.82, 2.24) is 4.90 Å². The van der Waals surface area contributed by atoms with Crippen LogP contribution in [0.3, 0.4) is 0 Å². The van der Waals surface area contributed by atoms with Crippen molar-refractivity contribution in [3.63, 3.8) is 0 Å². The summed E-state index contributed by atoms with van der Waals surface area (Å²) in [7, 11) is 0. The third kappa shape index (κ3) is 3.33. The molecule has 0 bridgehead atoms. The highest BCUT2D eigenvalue weighted by Gasteiger charge is 2.43. The largest absolute Gasteiger partial charge is 0.484 e. The van der Waals surface area contributed by atoms with Gasteiger partial charge in [-0.2, -0.15) is 0 Å². The molecule has 0 spiro atoms. The number of carbonyl (C=O) groups excluding carboxylic acids is 1. The third-order valence-corrected chi connectivity index (χ3v) is 7.09. The van der Waals surface area contributed by atoms with Crippen LogP contribution in [0.1, 0.15) is 49.7 Å². The number of benzene rings is 1. The Bertz CT molecular complexity index is 1010. The van der Waals surface area contributed by atoms with E-state index in [2.05, 4.69) is 0 Å². The van der Waals surface area contributed by atoms with Crippen LogP contribution in [0.5, 0.6) is 5.75 Å². The molecule has 1 aromatic heterocycles. The summed E-state index contributed by atoms with van der Waals surface area (Å²) in [5.74, 6) is 0.636. The molecule has 0 radical (unpaired) electrons. The molecule has 29 heavy (non-hydrogen) atoms. The van der Waals surface area contributed by atoms with Crippen molar-refractivity contribution < 1.29 is 19.1 Å². The Labute approximate surface area is 169 Å². The zero-order valence-corrected chi connectivity index (χ0v) is 16.6. The van der Waals surface area contributed by atoms with E-state index in [0.717, 1.165) is 61.5 Å². The maximum atomic E-state index is 12.7. The fourth-order valence-corrected chi connectivity index (χ4v) is 5.39. The number of ether oxygens (including phenoxy) is 1. The Balaban J connectivity index is 1.26. The van der Waals surface area contributed by atoms with Gasteiger partial charge in [-0.3, -0.25) is 4.79 Å². The predicted octanol–water partition coefficient (Wildman–Crippen LogP) is 2.81. The summed E-state index contributed by atoms with van der Waals surface area (Å²) in [6, 6.07) is 5.47. The number of amides is 1. The minimum Gasteiger partial charge on any atom is -0.484 e. The van der Waals surface area contributed by atoms with Crippen LogP contribution in [0.4, 0.5) is 0 Å². The molecular formula is C23H27NO5. The molecule has 1 saturated carbocycles. The van der Waals surface area contributed by atoms with Gasteiger partial charge in [0.25, 0.3) is 5.91 Å². The van der Waals surface area contributed by atoms with Gasteiger partial charge in [-0.05, 0) is 56.2 Å². The molecule has 1 saturated heterocycles. The molecule has 2 heterocycles. The number of rotatable bonds is 3. The van der Waals surface area contributed by atoms with Crippen molar-refractivity contribution >= 4 is 16.9 Å². The first kappa shape index (κ1) is 18.7. The first-order chi connectivity index (χ1) is 14.0. The van der Waals surface area contributed by atoms with Gasteiger partial charge in [-0.15, -0.1) is 0 Å². The number of carbonyl (C=O) groups is 1. The van der Waals surface area contributed by atoms with Crippen molar-refractivity contribution in [3.8, 4) is 5.75 Å². The maximum Gasteiger partial charge on any atom is 0.339 e. The van der Waals surface area contributed by atoms with Crippen molar-refractivity contribution in [2.24, 2.45) is 5.92 Å². The number of piperidine rings is 1. The van der Waals surface area contributed by atoms with Crippen molar-refractivity contribution in [3.05, 3.63) is 39.7 Å². The molecule has 2 atom stereocenters. The number of nitrogens with zero attached hydrogens (tertiary/aromatic N) is 1. The fourth-order valence-electron chi connectivity index (χ4n) is 5.39. The number of fused-ring (bicyclic) bond motifs is 4. The van der Waals surface area contributed by atoms with Crippen LogP contribution in [-0.4, -0.2) is 41.2 Å². The van der Waals surface area contributed by atoms with Crippen LogP contribution >= 0.6 is 0 Å². The van der Waals surface area contributed by atoms with Crippen LogP contribution < -0.4 is 10.4 Å². The standard InChI is InChI=1S/C23H27NO5/c25-21(24-11-10-23(27)9-2-1-4-15(23)13-24)14-28-16-7-8-18-17-5-3-6-19(17)22(26)29-20(18)12-16/h7-8,12,15,27H,1-6,9-11,13-14H2/t15-,23-/m0/s1. The first-order valence-corrected chi connectivity index (χ1v) is 10.7. The molecule has 6 nitrogen and oxygen atoms in total. The van der Waals surface area contributed by atoms with E-state index < -0.39 is 5.60 Å². The van der Waals surface area contributed by atoms with Gasteiger partial charge >= 0.3 is 5.63 Å². The fraction of sp³-hybridized carbons (Fsp3) is 0.565. The van der Waals surface area contributed by atoms with E-state index in [1.807, 2.05) is 17.0 Å². The Hall–Kier alpha value is -2.34. The number of aliphatic hydroxyl groups is 1. The number of hydrogen-bond donors (Lipinski definition) is 1. The quantitative estimate of drug-likeness (QED) is 0.806. The Morgan fingerprint density at radius 1 is 1.21 bits per heavy atom. The lowest BCUT2D eigenvalue weighted by Crippen LogP contribution is -2.55. The van der Waals surface area contributed by atoms with E-state index >= 15 is 0 Å². The average Bonchev–Trinajstić information content (AvgIpc) is 3.22. The molecule has 0 unspecified atom stereocenters. The SMILES string of the molecule is O=C(COc1ccc2c3c(c(=O)oc2c1)CCC3)N1CC[C@@]2(O)CCCC[C@H]2C1. The normalized spacial score (nSPS) is 26.2. The smallest absolute Gasteiger partial charge is 0.339 e. The summed E-state index contributed by atoms with van der Waals surface area (Å²) in [6.07, 6.45) is 7.35. The topological polar surface area (TPSA) is 80.0 Å². The summed E-state index contributed by atoms with van der Waals surface area (Å²) in [6.45, 7) is 1.14. The van der Waals surface area contributed by atoms with E-state index in [0.29, 0.717) is 30.8 Å². The van der Waals surface area contributed by atoms with Gasteiger partial charge in [0.05, 0.1) is 5.60 Å². The van der Waals surface area contributed by atoms with E-state index in [1.54, 1.807) is 6.07 Å². The second-order valence-corrected chi connectivity index (χ2v) is 8.78. The zero-order valence-electron chi connectivity index (χ0n) is 16.6. The molecule has 3 aliphatic rings. The molecule has 154 valence electrons. The Morgan fingerprint density at radius 3 is 2.97 bits per heavy atom.